The summed E-state index contributed by atoms with van der Waals surface area (Å²) in [4.78, 5) is 0.613. The quantitative estimate of drug-likeness (QED) is 0.470. The van der Waals surface area contributed by atoms with Gasteiger partial charge in [-0.05, 0) is 31.4 Å². The lowest BCUT2D eigenvalue weighted by atomic mass is 10.2. The van der Waals surface area contributed by atoms with Crippen LogP contribution in [0.3, 0.4) is 0 Å². The Balaban J connectivity index is 2.61. The summed E-state index contributed by atoms with van der Waals surface area (Å²) in [6, 6.07) is 3.81. The maximum atomic E-state index is 9.24. The van der Waals surface area contributed by atoms with Crippen LogP contribution < -0.4 is 0 Å². The van der Waals surface area contributed by atoms with Crippen molar-refractivity contribution < 1.29 is 4.65 Å². The summed E-state index contributed by atoms with van der Waals surface area (Å²) in [5.74, 6) is 0.216. The average Bonchev–Trinajstić information content (AvgIpc) is 2.95. The fourth-order valence-electron chi connectivity index (χ4n) is 1.40. The summed E-state index contributed by atoms with van der Waals surface area (Å²) in [7, 11) is 5.25. The zero-order valence-electron chi connectivity index (χ0n) is 9.78. The van der Waals surface area contributed by atoms with Gasteiger partial charge in [-0.25, -0.2) is 4.68 Å². The highest BCUT2D eigenvalue weighted by atomic mass is 32.1. The minimum atomic E-state index is 0.194. The molecule has 2 rings (SSSR count). The van der Waals surface area contributed by atoms with Gasteiger partial charge in [0.15, 0.2) is 11.5 Å². The fraction of sp³-hybridized carbons (Fsp3) is 0.200. The molecule has 0 N–H and O–H groups in total. The molecule has 0 aliphatic carbocycles. The molecule has 0 bridgehead atoms. The van der Waals surface area contributed by atoms with Crippen molar-refractivity contribution in [1.29, 1.82) is 5.26 Å². The lowest BCUT2D eigenvalue weighted by Crippen LogP contribution is -2.02. The Morgan fingerprint density at radius 1 is 1.56 bits per heavy atom. The highest BCUT2D eigenvalue weighted by molar-refractivity contribution is 7.07. The lowest BCUT2D eigenvalue weighted by Gasteiger charge is -2.08. The molecule has 0 atom stereocenters. The molecule has 0 aromatic carbocycles. The molecule has 18 heavy (non-hydrogen) atoms. The van der Waals surface area contributed by atoms with Crippen LogP contribution in [0.4, 0.5) is 0 Å². The van der Waals surface area contributed by atoms with Crippen LogP contribution >= 0.6 is 11.5 Å². The monoisotopic (exact) mass is 257 g/mol. The van der Waals surface area contributed by atoms with E-state index in [1.165, 1.54) is 4.68 Å². The molecule has 0 fully saturated rings. The molecule has 0 saturated carbocycles. The number of aryl methyl sites for hydroxylation is 2. The van der Waals surface area contributed by atoms with Gasteiger partial charge < -0.3 is 4.65 Å². The predicted molar refractivity (Wildman–Crippen MR) is 67.2 cm³/mol. The average molecular weight is 257 g/mol. The maximum absolute atomic E-state index is 9.24. The van der Waals surface area contributed by atoms with Crippen LogP contribution in [0, 0.1) is 25.2 Å². The third kappa shape index (κ3) is 2.12. The summed E-state index contributed by atoms with van der Waals surface area (Å²) in [5, 5.41) is 17.3. The molecule has 6 nitrogen and oxygen atoms in total. The predicted octanol–water partition coefficient (Wildman–Crippen LogP) is 1.30. The van der Waals surface area contributed by atoms with Crippen molar-refractivity contribution in [3.63, 3.8) is 0 Å². The highest BCUT2D eigenvalue weighted by Crippen LogP contribution is 2.26. The maximum Gasteiger partial charge on any atom is 0.374 e. The molecule has 0 aliphatic heterocycles. The standard InChI is InChI=1S/C10H8BN5OS/c1-6-3-4-16(14-6)8(5-12)9(17-11)10-7(2)13-15-18-10/h3-4H,1-2H3. The summed E-state index contributed by atoms with van der Waals surface area (Å²) in [6.45, 7) is 3.59. The molecule has 88 valence electrons. The molecule has 0 saturated heterocycles. The van der Waals surface area contributed by atoms with Crippen molar-refractivity contribution in [2.45, 2.75) is 13.8 Å². The first-order valence-corrected chi connectivity index (χ1v) is 5.77. The number of nitrogens with zero attached hydrogens (tertiary/aromatic N) is 5. The number of nitriles is 1. The first-order valence-electron chi connectivity index (χ1n) is 5.00. The van der Waals surface area contributed by atoms with Gasteiger partial charge in [0.25, 0.3) is 0 Å². The molecular weight excluding hydrogens is 249 g/mol. The van der Waals surface area contributed by atoms with Crippen LogP contribution in [0.15, 0.2) is 12.3 Å². The van der Waals surface area contributed by atoms with E-state index in [4.69, 9.17) is 12.7 Å². The van der Waals surface area contributed by atoms with E-state index in [0.717, 1.165) is 17.2 Å². The van der Waals surface area contributed by atoms with E-state index in [2.05, 4.69) is 14.7 Å². The Kier molecular flexibility index (Phi) is 3.44. The first kappa shape index (κ1) is 12.3. The highest BCUT2D eigenvalue weighted by Gasteiger charge is 2.17. The molecule has 2 radical (unpaired) electrons. The van der Waals surface area contributed by atoms with Gasteiger partial charge in [-0.15, -0.1) is 5.10 Å². The molecule has 0 aliphatic rings. The Morgan fingerprint density at radius 3 is 2.78 bits per heavy atom. The summed E-state index contributed by atoms with van der Waals surface area (Å²) < 4.78 is 10.0. The van der Waals surface area contributed by atoms with E-state index in [1.807, 2.05) is 13.0 Å². The van der Waals surface area contributed by atoms with Crippen molar-refractivity contribution in [3.05, 3.63) is 28.5 Å². The second-order valence-corrected chi connectivity index (χ2v) is 4.25. The van der Waals surface area contributed by atoms with Crippen LogP contribution in [-0.4, -0.2) is 27.4 Å². The zero-order chi connectivity index (χ0) is 13.1. The van der Waals surface area contributed by atoms with Gasteiger partial charge in [-0.1, -0.05) is 4.49 Å². The largest absolute Gasteiger partial charge is 0.565 e. The lowest BCUT2D eigenvalue weighted by molar-refractivity contribution is 0.571. The number of rotatable bonds is 3. The number of hydrogen-bond donors (Lipinski definition) is 0. The molecule has 8 heteroatoms. The normalized spacial score (nSPS) is 11.8. The van der Waals surface area contributed by atoms with Gasteiger partial charge in [0.2, 0.25) is 0 Å². The Bertz CT molecular complexity index is 639. The minimum absolute atomic E-state index is 0.194. The number of hydrogen-bond acceptors (Lipinski definition) is 6. The molecule has 2 heterocycles. The third-order valence-corrected chi connectivity index (χ3v) is 3.07. The summed E-state index contributed by atoms with van der Waals surface area (Å²) in [6.07, 6.45) is 1.66. The Morgan fingerprint density at radius 2 is 2.33 bits per heavy atom. The second kappa shape index (κ2) is 5.02. The van der Waals surface area contributed by atoms with E-state index in [0.29, 0.717) is 10.6 Å². The van der Waals surface area contributed by atoms with Crippen LogP contribution in [0.1, 0.15) is 16.3 Å². The van der Waals surface area contributed by atoms with Crippen molar-refractivity contribution in [3.8, 4) is 6.07 Å². The first-order chi connectivity index (χ1) is 8.67. The SMILES string of the molecule is [B]OC(=C(C#N)n1ccc(C)n1)c1snnc1C. The van der Waals surface area contributed by atoms with Gasteiger partial charge in [0.05, 0.1) is 11.4 Å². The van der Waals surface area contributed by atoms with Crippen LogP contribution in [-0.2, 0) is 4.65 Å². The van der Waals surface area contributed by atoms with E-state index in [1.54, 1.807) is 19.2 Å². The van der Waals surface area contributed by atoms with E-state index >= 15 is 0 Å². The van der Waals surface area contributed by atoms with Gasteiger partial charge in [-0.3, -0.25) is 0 Å². The zero-order valence-corrected chi connectivity index (χ0v) is 10.6. The molecule has 2 aromatic heterocycles. The topological polar surface area (TPSA) is 76.6 Å². The summed E-state index contributed by atoms with van der Waals surface area (Å²) in [5.41, 5.74) is 1.63. The molecular formula is C10H8BN5OS. The summed E-state index contributed by atoms with van der Waals surface area (Å²) >= 11 is 1.11. The molecule has 0 unspecified atom stereocenters. The van der Waals surface area contributed by atoms with Gasteiger partial charge >= 0.3 is 8.05 Å². The number of allylic oxidation sites excluding steroid dienone is 1. The molecule has 0 amide bonds. The van der Waals surface area contributed by atoms with E-state index < -0.39 is 0 Å². The molecule has 0 spiro atoms. The van der Waals surface area contributed by atoms with Crippen molar-refractivity contribution in [2.24, 2.45) is 0 Å². The van der Waals surface area contributed by atoms with Crippen LogP contribution in [0.2, 0.25) is 0 Å². The fourth-order valence-corrected chi connectivity index (χ4v) is 2.05. The number of aromatic nitrogens is 4. The Labute approximate surface area is 109 Å². The van der Waals surface area contributed by atoms with E-state index in [-0.39, 0.29) is 11.5 Å². The van der Waals surface area contributed by atoms with Crippen molar-refractivity contribution in [2.75, 3.05) is 0 Å². The van der Waals surface area contributed by atoms with Gasteiger partial charge in [0.1, 0.15) is 10.9 Å². The van der Waals surface area contributed by atoms with E-state index in [9.17, 15) is 5.26 Å². The van der Waals surface area contributed by atoms with Gasteiger partial charge in [0, 0.05) is 6.20 Å². The second-order valence-electron chi connectivity index (χ2n) is 3.50. The van der Waals surface area contributed by atoms with Crippen molar-refractivity contribution >= 4 is 31.0 Å². The molecule has 2 aromatic rings. The minimum Gasteiger partial charge on any atom is -0.565 e. The third-order valence-electron chi connectivity index (χ3n) is 2.25. The smallest absolute Gasteiger partial charge is 0.374 e. The van der Waals surface area contributed by atoms with Crippen molar-refractivity contribution in [1.82, 2.24) is 19.4 Å². The Hall–Kier alpha value is -2.14. The van der Waals surface area contributed by atoms with Crippen LogP contribution in [0.25, 0.3) is 11.5 Å². The van der Waals surface area contributed by atoms with Crippen LogP contribution in [0.5, 0.6) is 0 Å². The van der Waals surface area contributed by atoms with Gasteiger partial charge in [-0.2, -0.15) is 10.4 Å².